The summed E-state index contributed by atoms with van der Waals surface area (Å²) < 4.78 is 13.5. The molecule has 0 atom stereocenters. The third kappa shape index (κ3) is 4.19. The first-order valence-corrected chi connectivity index (χ1v) is 6.83. The molecular formula is C15H19FN4. The molecule has 4 nitrogen and oxygen atoms in total. The lowest BCUT2D eigenvalue weighted by atomic mass is 10.2. The molecule has 0 aliphatic heterocycles. The minimum Gasteiger partial charge on any atom is -0.370 e. The maximum Gasteiger partial charge on any atom is 0.131 e. The van der Waals surface area contributed by atoms with E-state index in [2.05, 4.69) is 27.5 Å². The molecular weight excluding hydrogens is 255 g/mol. The number of nitrogens with zero attached hydrogens (tertiary/aromatic N) is 2. The van der Waals surface area contributed by atoms with Crippen LogP contribution in [0.5, 0.6) is 0 Å². The Balaban J connectivity index is 1.93. The molecule has 0 bridgehead atoms. The zero-order chi connectivity index (χ0) is 14.2. The predicted molar refractivity (Wildman–Crippen MR) is 79.2 cm³/mol. The highest BCUT2D eigenvalue weighted by atomic mass is 19.1. The summed E-state index contributed by atoms with van der Waals surface area (Å²) in [7, 11) is 0. The molecule has 2 aromatic rings. The minimum absolute atomic E-state index is 0.213. The van der Waals surface area contributed by atoms with Crippen molar-refractivity contribution in [2.75, 3.05) is 17.2 Å². The second-order valence-corrected chi connectivity index (χ2v) is 4.51. The van der Waals surface area contributed by atoms with Crippen LogP contribution < -0.4 is 10.6 Å². The average Bonchev–Trinajstić information content (AvgIpc) is 2.47. The topological polar surface area (TPSA) is 49.8 Å². The van der Waals surface area contributed by atoms with Crippen LogP contribution >= 0.6 is 0 Å². The lowest BCUT2D eigenvalue weighted by Crippen LogP contribution is -2.06. The Bertz CT molecular complexity index is 545. The number of anilines is 2. The van der Waals surface area contributed by atoms with E-state index in [4.69, 9.17) is 0 Å². The summed E-state index contributed by atoms with van der Waals surface area (Å²) >= 11 is 0. The van der Waals surface area contributed by atoms with Crippen LogP contribution in [0.25, 0.3) is 0 Å². The third-order valence-corrected chi connectivity index (χ3v) is 2.92. The van der Waals surface area contributed by atoms with E-state index in [1.54, 1.807) is 12.1 Å². The van der Waals surface area contributed by atoms with Crippen LogP contribution in [0.3, 0.4) is 0 Å². The maximum absolute atomic E-state index is 13.5. The molecule has 1 aromatic heterocycles. The smallest absolute Gasteiger partial charge is 0.131 e. The number of aromatic nitrogens is 2. The van der Waals surface area contributed by atoms with E-state index in [0.717, 1.165) is 25.2 Å². The Morgan fingerprint density at radius 2 is 1.85 bits per heavy atom. The summed E-state index contributed by atoms with van der Waals surface area (Å²) in [6.07, 6.45) is 3.73. The van der Waals surface area contributed by atoms with Gasteiger partial charge in [-0.05, 0) is 12.5 Å². The van der Waals surface area contributed by atoms with Gasteiger partial charge in [-0.1, -0.05) is 31.5 Å². The second-order valence-electron chi connectivity index (χ2n) is 4.51. The van der Waals surface area contributed by atoms with Crippen LogP contribution in [-0.2, 0) is 6.54 Å². The number of halogens is 1. The van der Waals surface area contributed by atoms with E-state index in [-0.39, 0.29) is 5.82 Å². The van der Waals surface area contributed by atoms with Gasteiger partial charge in [0.25, 0.3) is 0 Å². The van der Waals surface area contributed by atoms with E-state index in [0.29, 0.717) is 17.9 Å². The van der Waals surface area contributed by atoms with Crippen LogP contribution in [-0.4, -0.2) is 16.5 Å². The van der Waals surface area contributed by atoms with Crippen molar-refractivity contribution in [1.82, 2.24) is 9.97 Å². The lowest BCUT2D eigenvalue weighted by Gasteiger charge is -2.08. The van der Waals surface area contributed by atoms with Crippen LogP contribution in [0.15, 0.2) is 36.7 Å². The van der Waals surface area contributed by atoms with Gasteiger partial charge in [-0.25, -0.2) is 14.4 Å². The van der Waals surface area contributed by atoms with E-state index in [1.807, 2.05) is 12.1 Å². The summed E-state index contributed by atoms with van der Waals surface area (Å²) in [5, 5.41) is 6.33. The minimum atomic E-state index is -0.213. The molecule has 2 rings (SSSR count). The summed E-state index contributed by atoms with van der Waals surface area (Å²) in [6, 6.07) is 8.53. The molecule has 5 heteroatoms. The molecule has 0 fully saturated rings. The highest BCUT2D eigenvalue weighted by Crippen LogP contribution is 2.12. The first kappa shape index (κ1) is 14.2. The molecule has 2 N–H and O–H groups in total. The maximum atomic E-state index is 13.5. The quantitative estimate of drug-likeness (QED) is 0.759. The fourth-order valence-electron chi connectivity index (χ4n) is 1.77. The molecule has 0 aliphatic carbocycles. The molecule has 0 unspecified atom stereocenters. The van der Waals surface area contributed by atoms with Gasteiger partial charge >= 0.3 is 0 Å². The fraction of sp³-hybridized carbons (Fsp3) is 0.333. The van der Waals surface area contributed by atoms with Gasteiger partial charge in [0.15, 0.2) is 0 Å². The van der Waals surface area contributed by atoms with Crippen molar-refractivity contribution in [2.45, 2.75) is 26.3 Å². The van der Waals surface area contributed by atoms with Crippen molar-refractivity contribution in [2.24, 2.45) is 0 Å². The molecule has 0 saturated heterocycles. The second kappa shape index (κ2) is 7.43. The summed E-state index contributed by atoms with van der Waals surface area (Å²) in [5.74, 6) is 1.25. The zero-order valence-electron chi connectivity index (χ0n) is 11.6. The molecule has 1 aromatic carbocycles. The van der Waals surface area contributed by atoms with Gasteiger partial charge in [-0.3, -0.25) is 0 Å². The predicted octanol–water partition coefficient (Wildman–Crippen LogP) is 3.44. The van der Waals surface area contributed by atoms with Gasteiger partial charge < -0.3 is 10.6 Å². The number of rotatable bonds is 7. The third-order valence-electron chi connectivity index (χ3n) is 2.92. The lowest BCUT2D eigenvalue weighted by molar-refractivity contribution is 0.613. The van der Waals surface area contributed by atoms with Gasteiger partial charge in [-0.15, -0.1) is 0 Å². The summed E-state index contributed by atoms with van der Waals surface area (Å²) in [5.41, 5.74) is 0.617. The normalized spacial score (nSPS) is 10.3. The molecule has 0 amide bonds. The monoisotopic (exact) mass is 274 g/mol. The molecule has 0 aliphatic rings. The zero-order valence-corrected chi connectivity index (χ0v) is 11.6. The van der Waals surface area contributed by atoms with E-state index >= 15 is 0 Å². The number of hydrogen-bond donors (Lipinski definition) is 2. The van der Waals surface area contributed by atoms with Crippen molar-refractivity contribution in [3.63, 3.8) is 0 Å². The molecule has 20 heavy (non-hydrogen) atoms. The van der Waals surface area contributed by atoms with Crippen molar-refractivity contribution < 1.29 is 4.39 Å². The highest BCUT2D eigenvalue weighted by Gasteiger charge is 2.02. The molecule has 0 spiro atoms. The molecule has 0 radical (unpaired) electrons. The van der Waals surface area contributed by atoms with Crippen LogP contribution in [0.4, 0.5) is 16.0 Å². The number of hydrogen-bond acceptors (Lipinski definition) is 4. The average molecular weight is 274 g/mol. The largest absolute Gasteiger partial charge is 0.370 e. The standard InChI is InChI=1S/C15H19FN4/c1-2-3-8-17-14-9-15(20-11-19-14)18-10-12-6-4-5-7-13(12)16/h4-7,9,11H,2-3,8,10H2,1H3,(H2,17,18,19,20). The Morgan fingerprint density at radius 1 is 1.10 bits per heavy atom. The van der Waals surface area contributed by atoms with E-state index in [1.165, 1.54) is 12.4 Å². The summed E-state index contributed by atoms with van der Waals surface area (Å²) in [6.45, 7) is 3.43. The Hall–Kier alpha value is -2.17. The fourth-order valence-corrected chi connectivity index (χ4v) is 1.77. The van der Waals surface area contributed by atoms with E-state index in [9.17, 15) is 4.39 Å². The van der Waals surface area contributed by atoms with Gasteiger partial charge in [0.1, 0.15) is 23.8 Å². The van der Waals surface area contributed by atoms with Crippen LogP contribution in [0.1, 0.15) is 25.3 Å². The first-order valence-electron chi connectivity index (χ1n) is 6.83. The van der Waals surface area contributed by atoms with Crippen molar-refractivity contribution >= 4 is 11.6 Å². The van der Waals surface area contributed by atoms with Gasteiger partial charge in [0, 0.05) is 24.7 Å². The van der Waals surface area contributed by atoms with Gasteiger partial charge in [0.05, 0.1) is 0 Å². The molecule has 0 saturated carbocycles. The Kier molecular flexibility index (Phi) is 5.29. The van der Waals surface area contributed by atoms with Crippen molar-refractivity contribution in [3.8, 4) is 0 Å². The number of nitrogens with one attached hydrogen (secondary N) is 2. The number of benzene rings is 1. The molecule has 1 heterocycles. The van der Waals surface area contributed by atoms with Crippen LogP contribution in [0.2, 0.25) is 0 Å². The highest BCUT2D eigenvalue weighted by molar-refractivity contribution is 5.46. The van der Waals surface area contributed by atoms with Crippen molar-refractivity contribution in [1.29, 1.82) is 0 Å². The molecule has 106 valence electrons. The van der Waals surface area contributed by atoms with Crippen molar-refractivity contribution in [3.05, 3.63) is 48.0 Å². The van der Waals surface area contributed by atoms with Crippen LogP contribution in [0, 0.1) is 5.82 Å². The van der Waals surface area contributed by atoms with E-state index < -0.39 is 0 Å². The Labute approximate surface area is 118 Å². The van der Waals surface area contributed by atoms with Gasteiger partial charge in [-0.2, -0.15) is 0 Å². The van der Waals surface area contributed by atoms with Gasteiger partial charge in [0.2, 0.25) is 0 Å². The SMILES string of the molecule is CCCCNc1cc(NCc2ccccc2F)ncn1. The summed E-state index contributed by atoms with van der Waals surface area (Å²) in [4.78, 5) is 8.28. The first-order chi connectivity index (χ1) is 9.79. The Morgan fingerprint density at radius 3 is 2.60 bits per heavy atom. The number of unbranched alkanes of at least 4 members (excludes halogenated alkanes) is 1.